The van der Waals surface area contributed by atoms with E-state index in [-0.39, 0.29) is 24.2 Å². The van der Waals surface area contributed by atoms with E-state index in [0.717, 1.165) is 19.3 Å². The molecule has 132 valence electrons. The lowest BCUT2D eigenvalue weighted by atomic mass is 10.1. The summed E-state index contributed by atoms with van der Waals surface area (Å²) in [6.07, 6.45) is 6.46. The number of hydrogen-bond donors (Lipinski definition) is 0. The number of carbonyl (C=O) groups is 2. The zero-order chi connectivity index (χ0) is 17.1. The largest absolute Gasteiger partial charge is 0.462 e. The van der Waals surface area contributed by atoms with Crippen LogP contribution in [0.4, 0.5) is 0 Å². The summed E-state index contributed by atoms with van der Waals surface area (Å²) in [4.78, 5) is 23.7. The van der Waals surface area contributed by atoms with Gasteiger partial charge in [0.1, 0.15) is 6.10 Å². The average molecular weight is 326 g/mol. The molecular formula is C18H30O5. The minimum absolute atomic E-state index is 0.110. The molecule has 23 heavy (non-hydrogen) atoms. The Kier molecular flexibility index (Phi) is 9.60. The van der Waals surface area contributed by atoms with Crippen LogP contribution < -0.4 is 0 Å². The van der Waals surface area contributed by atoms with Crippen LogP contribution in [0.2, 0.25) is 0 Å². The first-order valence-corrected chi connectivity index (χ1v) is 8.69. The topological polar surface area (TPSA) is 61.8 Å². The van der Waals surface area contributed by atoms with Crippen LogP contribution in [0.3, 0.4) is 0 Å². The van der Waals surface area contributed by atoms with Gasteiger partial charge in [-0.2, -0.15) is 0 Å². The van der Waals surface area contributed by atoms with Gasteiger partial charge in [-0.15, -0.1) is 0 Å². The fraction of sp³-hybridized carbons (Fsp3) is 0.778. The number of unbranched alkanes of at least 4 members (excludes halogenated alkanes) is 3. The Bertz CT molecular complexity index is 385. The van der Waals surface area contributed by atoms with Gasteiger partial charge in [0.25, 0.3) is 0 Å². The van der Waals surface area contributed by atoms with Crippen molar-refractivity contribution in [2.24, 2.45) is 0 Å². The molecule has 0 aromatic carbocycles. The van der Waals surface area contributed by atoms with Crippen LogP contribution in [0.5, 0.6) is 0 Å². The van der Waals surface area contributed by atoms with Crippen LogP contribution in [0, 0.1) is 0 Å². The van der Waals surface area contributed by atoms with Crippen LogP contribution in [0.1, 0.15) is 65.2 Å². The quantitative estimate of drug-likeness (QED) is 0.349. The van der Waals surface area contributed by atoms with Gasteiger partial charge in [0, 0.05) is 18.4 Å². The number of hydrogen-bond acceptors (Lipinski definition) is 5. The molecule has 1 fully saturated rings. The molecule has 1 aliphatic rings. The second-order valence-corrected chi connectivity index (χ2v) is 6.15. The zero-order valence-corrected chi connectivity index (χ0v) is 14.5. The molecule has 5 heteroatoms. The summed E-state index contributed by atoms with van der Waals surface area (Å²) < 4.78 is 15.8. The van der Waals surface area contributed by atoms with E-state index in [9.17, 15) is 9.59 Å². The van der Waals surface area contributed by atoms with Crippen LogP contribution in [0.15, 0.2) is 12.2 Å². The third kappa shape index (κ3) is 8.74. The summed E-state index contributed by atoms with van der Waals surface area (Å²) in [5.41, 5.74) is 0.152. The van der Waals surface area contributed by atoms with E-state index in [1.165, 1.54) is 12.8 Å². The molecule has 0 aliphatic carbocycles. The van der Waals surface area contributed by atoms with Crippen molar-refractivity contribution < 1.29 is 23.8 Å². The van der Waals surface area contributed by atoms with Crippen molar-refractivity contribution in [2.75, 3.05) is 13.2 Å². The summed E-state index contributed by atoms with van der Waals surface area (Å²) >= 11 is 0. The maximum absolute atomic E-state index is 11.9. The number of ether oxygens (including phenoxy) is 3. The SMILES string of the molecule is C=C(CC(=O)OC(C)CCCCCC)C(=O)OC1CCOCC1. The van der Waals surface area contributed by atoms with Crippen molar-refractivity contribution in [3.8, 4) is 0 Å². The minimum atomic E-state index is -0.510. The van der Waals surface area contributed by atoms with Gasteiger partial charge >= 0.3 is 11.9 Å². The normalized spacial score (nSPS) is 16.6. The molecule has 1 rings (SSSR count). The van der Waals surface area contributed by atoms with Crippen molar-refractivity contribution in [1.29, 1.82) is 0 Å². The molecule has 5 nitrogen and oxygen atoms in total. The van der Waals surface area contributed by atoms with Crippen LogP contribution >= 0.6 is 0 Å². The van der Waals surface area contributed by atoms with Crippen LogP contribution in [0.25, 0.3) is 0 Å². The number of esters is 2. The van der Waals surface area contributed by atoms with E-state index < -0.39 is 11.9 Å². The molecular weight excluding hydrogens is 296 g/mol. The lowest BCUT2D eigenvalue weighted by molar-refractivity contribution is -0.153. The molecule has 0 saturated carbocycles. The smallest absolute Gasteiger partial charge is 0.334 e. The average Bonchev–Trinajstić information content (AvgIpc) is 2.52. The van der Waals surface area contributed by atoms with Crippen molar-refractivity contribution >= 4 is 11.9 Å². The minimum Gasteiger partial charge on any atom is -0.462 e. The lowest BCUT2D eigenvalue weighted by Crippen LogP contribution is -2.27. The predicted molar refractivity (Wildman–Crippen MR) is 88.0 cm³/mol. The Balaban J connectivity index is 2.21. The summed E-state index contributed by atoms with van der Waals surface area (Å²) in [5, 5.41) is 0. The predicted octanol–water partition coefficient (Wildman–Crippen LogP) is 3.56. The Morgan fingerprint density at radius 3 is 2.57 bits per heavy atom. The summed E-state index contributed by atoms with van der Waals surface area (Å²) in [6, 6.07) is 0. The molecule has 0 spiro atoms. The highest BCUT2D eigenvalue weighted by molar-refractivity contribution is 5.93. The van der Waals surface area contributed by atoms with Gasteiger partial charge in [-0.05, 0) is 19.8 Å². The third-order valence-corrected chi connectivity index (χ3v) is 3.89. The summed E-state index contributed by atoms with van der Waals surface area (Å²) in [5.74, 6) is -0.925. The molecule has 1 atom stereocenters. The zero-order valence-electron chi connectivity index (χ0n) is 14.5. The second-order valence-electron chi connectivity index (χ2n) is 6.15. The van der Waals surface area contributed by atoms with E-state index in [4.69, 9.17) is 14.2 Å². The van der Waals surface area contributed by atoms with E-state index in [0.29, 0.717) is 26.1 Å². The van der Waals surface area contributed by atoms with Crippen molar-refractivity contribution in [3.05, 3.63) is 12.2 Å². The molecule has 1 unspecified atom stereocenters. The fourth-order valence-corrected chi connectivity index (χ4v) is 2.46. The fourth-order valence-electron chi connectivity index (χ4n) is 2.46. The first-order chi connectivity index (χ1) is 11.0. The van der Waals surface area contributed by atoms with Gasteiger partial charge in [0.15, 0.2) is 0 Å². The molecule has 1 saturated heterocycles. The standard InChI is InChI=1S/C18H30O5/c1-4-5-6-7-8-15(3)22-17(19)13-14(2)18(20)23-16-9-11-21-12-10-16/h15-16H,2,4-13H2,1,3H3. The van der Waals surface area contributed by atoms with E-state index in [2.05, 4.69) is 13.5 Å². The van der Waals surface area contributed by atoms with Crippen LogP contribution in [-0.2, 0) is 23.8 Å². The highest BCUT2D eigenvalue weighted by atomic mass is 16.6. The molecule has 0 N–H and O–H groups in total. The monoisotopic (exact) mass is 326 g/mol. The van der Waals surface area contributed by atoms with Crippen molar-refractivity contribution in [3.63, 3.8) is 0 Å². The summed E-state index contributed by atoms with van der Waals surface area (Å²) in [6.45, 7) is 8.89. The highest BCUT2D eigenvalue weighted by Gasteiger charge is 2.21. The molecule has 1 aliphatic heterocycles. The van der Waals surface area contributed by atoms with Crippen LogP contribution in [-0.4, -0.2) is 37.4 Å². The molecule has 1 heterocycles. The third-order valence-electron chi connectivity index (χ3n) is 3.89. The Morgan fingerprint density at radius 1 is 1.22 bits per heavy atom. The number of carbonyl (C=O) groups excluding carboxylic acids is 2. The van der Waals surface area contributed by atoms with Gasteiger partial charge in [-0.3, -0.25) is 4.79 Å². The highest BCUT2D eigenvalue weighted by Crippen LogP contribution is 2.15. The number of rotatable bonds is 10. The van der Waals surface area contributed by atoms with E-state index >= 15 is 0 Å². The molecule has 0 bridgehead atoms. The Hall–Kier alpha value is -1.36. The Morgan fingerprint density at radius 2 is 1.91 bits per heavy atom. The molecule has 0 radical (unpaired) electrons. The maximum Gasteiger partial charge on any atom is 0.334 e. The van der Waals surface area contributed by atoms with Gasteiger partial charge < -0.3 is 14.2 Å². The van der Waals surface area contributed by atoms with E-state index in [1.54, 1.807) is 0 Å². The molecule has 0 aromatic heterocycles. The van der Waals surface area contributed by atoms with Crippen molar-refractivity contribution in [1.82, 2.24) is 0 Å². The van der Waals surface area contributed by atoms with Gasteiger partial charge in [-0.25, -0.2) is 4.79 Å². The summed E-state index contributed by atoms with van der Waals surface area (Å²) in [7, 11) is 0. The second kappa shape index (κ2) is 11.2. The first kappa shape index (κ1) is 19.7. The van der Waals surface area contributed by atoms with Gasteiger partial charge in [0.05, 0.1) is 25.7 Å². The first-order valence-electron chi connectivity index (χ1n) is 8.69. The van der Waals surface area contributed by atoms with Gasteiger partial charge in [0.2, 0.25) is 0 Å². The van der Waals surface area contributed by atoms with E-state index in [1.807, 2.05) is 6.92 Å². The Labute approximate surface area is 139 Å². The molecule has 0 amide bonds. The lowest BCUT2D eigenvalue weighted by Gasteiger charge is -2.22. The molecule has 0 aromatic rings. The van der Waals surface area contributed by atoms with Gasteiger partial charge in [-0.1, -0.05) is 32.8 Å². The van der Waals surface area contributed by atoms with Crippen molar-refractivity contribution in [2.45, 2.75) is 77.4 Å². The maximum atomic E-state index is 11.9.